The molecule has 0 radical (unpaired) electrons. The first-order valence-electron chi connectivity index (χ1n) is 9.90. The number of aromatic hydroxyl groups is 1. The largest absolute Gasteiger partial charge is 0.504 e. The number of hydrogen-bond donors (Lipinski definition) is 2. The number of rotatable bonds is 5. The quantitative estimate of drug-likeness (QED) is 0.680. The second-order valence-corrected chi connectivity index (χ2v) is 7.90. The molecule has 0 bridgehead atoms. The molecule has 164 valence electrons. The van der Waals surface area contributed by atoms with E-state index >= 15 is 0 Å². The molecule has 2 aromatic carbocycles. The molecule has 0 fully saturated rings. The molecule has 1 amide bonds. The number of allylic oxidation sites excluding steroid dienone is 1. The van der Waals surface area contributed by atoms with Gasteiger partial charge in [-0.05, 0) is 68.4 Å². The molecule has 0 saturated heterocycles. The molecule has 2 aromatic rings. The average molecular weight is 444 g/mol. The van der Waals surface area contributed by atoms with E-state index in [4.69, 9.17) is 17.0 Å². The molecule has 8 heteroatoms. The van der Waals surface area contributed by atoms with Gasteiger partial charge in [0.05, 0.1) is 23.9 Å². The van der Waals surface area contributed by atoms with Crippen LogP contribution < -0.4 is 15.0 Å². The Kier molecular flexibility index (Phi) is 6.50. The maximum Gasteiger partial charge on any atom is 0.253 e. The Morgan fingerprint density at radius 2 is 1.97 bits per heavy atom. The monoisotopic (exact) mass is 443 g/mol. The minimum absolute atomic E-state index is 0.0157. The number of carbonyl (C=O) groups is 1. The standard InChI is InChI=1S/C23H26FN3O3S/c1-6-30-19-11-15(8-10-18(19)28)21-20(22(29)26(4)5)14(3)27(23(31)25-21)16-9-7-13(2)17(24)12-16/h7-12,21,28H,6H2,1-5H3,(H,25,31)/t21-/m0/s1. The van der Waals surface area contributed by atoms with Crippen LogP contribution in [0.1, 0.15) is 31.0 Å². The number of anilines is 1. The molecule has 1 heterocycles. The molecule has 0 aromatic heterocycles. The lowest BCUT2D eigenvalue weighted by molar-refractivity contribution is -0.125. The number of phenolic OH excluding ortho intramolecular Hbond substituents is 1. The first kappa shape index (κ1) is 22.6. The molecule has 1 aliphatic rings. The average Bonchev–Trinajstić information content (AvgIpc) is 2.71. The maximum atomic E-state index is 14.2. The second kappa shape index (κ2) is 8.93. The van der Waals surface area contributed by atoms with Crippen molar-refractivity contribution >= 4 is 28.9 Å². The molecule has 1 atom stereocenters. The topological polar surface area (TPSA) is 65.0 Å². The fraction of sp³-hybridized carbons (Fsp3) is 0.304. The van der Waals surface area contributed by atoms with Gasteiger partial charge in [-0.25, -0.2) is 4.39 Å². The molecule has 2 N–H and O–H groups in total. The van der Waals surface area contributed by atoms with Crippen molar-refractivity contribution in [1.82, 2.24) is 10.2 Å². The minimum Gasteiger partial charge on any atom is -0.504 e. The van der Waals surface area contributed by atoms with Gasteiger partial charge in [0.2, 0.25) is 0 Å². The molecule has 0 unspecified atom stereocenters. The van der Waals surface area contributed by atoms with Crippen molar-refractivity contribution in [1.29, 1.82) is 0 Å². The lowest BCUT2D eigenvalue weighted by Gasteiger charge is -2.38. The van der Waals surface area contributed by atoms with Gasteiger partial charge in [-0.2, -0.15) is 0 Å². The second-order valence-electron chi connectivity index (χ2n) is 7.51. The highest BCUT2D eigenvalue weighted by atomic mass is 32.1. The van der Waals surface area contributed by atoms with E-state index < -0.39 is 6.04 Å². The van der Waals surface area contributed by atoms with Crippen molar-refractivity contribution in [2.75, 3.05) is 25.6 Å². The third-order valence-corrected chi connectivity index (χ3v) is 5.45. The summed E-state index contributed by atoms with van der Waals surface area (Å²) in [5.74, 6) is -0.219. The van der Waals surface area contributed by atoms with Crippen molar-refractivity contribution in [3.8, 4) is 11.5 Å². The van der Waals surface area contributed by atoms with Crippen LogP contribution >= 0.6 is 12.2 Å². The molecular weight excluding hydrogens is 417 g/mol. The van der Waals surface area contributed by atoms with Crippen LogP contribution in [0, 0.1) is 12.7 Å². The van der Waals surface area contributed by atoms with Gasteiger partial charge in [-0.1, -0.05) is 12.1 Å². The molecule has 3 rings (SSSR count). The van der Waals surface area contributed by atoms with Gasteiger partial charge in [-0.15, -0.1) is 0 Å². The van der Waals surface area contributed by atoms with E-state index in [0.717, 1.165) is 0 Å². The van der Waals surface area contributed by atoms with Crippen LogP contribution in [0.25, 0.3) is 0 Å². The van der Waals surface area contributed by atoms with Crippen molar-refractivity contribution in [3.05, 3.63) is 64.6 Å². The summed E-state index contributed by atoms with van der Waals surface area (Å²) in [6.07, 6.45) is 0. The third-order valence-electron chi connectivity index (χ3n) is 5.15. The summed E-state index contributed by atoms with van der Waals surface area (Å²) in [5.41, 5.74) is 2.83. The SMILES string of the molecule is CCOc1cc([C@@H]2NC(=S)N(c3ccc(C)c(F)c3)C(C)=C2C(=O)N(C)C)ccc1O. The number of amides is 1. The number of halogens is 1. The van der Waals surface area contributed by atoms with Gasteiger partial charge >= 0.3 is 0 Å². The molecule has 0 spiro atoms. The van der Waals surface area contributed by atoms with Crippen molar-refractivity contribution in [3.63, 3.8) is 0 Å². The molecule has 0 aliphatic carbocycles. The van der Waals surface area contributed by atoms with Crippen LogP contribution in [-0.4, -0.2) is 41.7 Å². The zero-order chi connectivity index (χ0) is 22.9. The zero-order valence-corrected chi connectivity index (χ0v) is 19.0. The molecule has 0 saturated carbocycles. The van der Waals surface area contributed by atoms with E-state index in [1.54, 1.807) is 57.1 Å². The van der Waals surface area contributed by atoms with Crippen LogP contribution in [0.3, 0.4) is 0 Å². The summed E-state index contributed by atoms with van der Waals surface area (Å²) in [7, 11) is 3.34. The molecule has 1 aliphatic heterocycles. The van der Waals surface area contributed by atoms with Crippen LogP contribution in [0.5, 0.6) is 11.5 Å². The summed E-state index contributed by atoms with van der Waals surface area (Å²) >= 11 is 5.61. The third kappa shape index (κ3) is 4.34. The molecule has 31 heavy (non-hydrogen) atoms. The number of thiocarbonyl (C=S) groups is 1. The predicted octanol–water partition coefficient (Wildman–Crippen LogP) is 4.04. The lowest BCUT2D eigenvalue weighted by Crippen LogP contribution is -2.49. The molecular formula is C23H26FN3O3S. The summed E-state index contributed by atoms with van der Waals surface area (Å²) in [6, 6.07) is 9.22. The van der Waals surface area contributed by atoms with Crippen molar-refractivity contribution < 1.29 is 19.0 Å². The van der Waals surface area contributed by atoms with Crippen LogP contribution in [0.15, 0.2) is 47.7 Å². The van der Waals surface area contributed by atoms with E-state index in [1.165, 1.54) is 17.0 Å². The Hall–Kier alpha value is -3.13. The lowest BCUT2D eigenvalue weighted by atomic mass is 9.93. The highest BCUT2D eigenvalue weighted by molar-refractivity contribution is 7.80. The number of ether oxygens (including phenoxy) is 1. The van der Waals surface area contributed by atoms with Crippen LogP contribution in [-0.2, 0) is 4.79 Å². The van der Waals surface area contributed by atoms with Crippen LogP contribution in [0.2, 0.25) is 0 Å². The first-order chi connectivity index (χ1) is 14.6. The fourth-order valence-electron chi connectivity index (χ4n) is 3.52. The Balaban J connectivity index is 2.16. The number of carbonyl (C=O) groups excluding carboxylic acids is 1. The summed E-state index contributed by atoms with van der Waals surface area (Å²) in [6.45, 7) is 5.69. The van der Waals surface area contributed by atoms with E-state index in [9.17, 15) is 14.3 Å². The molecule has 6 nitrogen and oxygen atoms in total. The normalized spacial score (nSPS) is 16.3. The predicted molar refractivity (Wildman–Crippen MR) is 123 cm³/mol. The summed E-state index contributed by atoms with van der Waals surface area (Å²) in [4.78, 5) is 16.3. The van der Waals surface area contributed by atoms with E-state index in [0.29, 0.717) is 45.6 Å². The summed E-state index contributed by atoms with van der Waals surface area (Å²) in [5, 5.41) is 13.6. The number of likely N-dealkylation sites (N-methyl/N-ethyl adjacent to an activating group) is 1. The van der Waals surface area contributed by atoms with Gasteiger partial charge in [0, 0.05) is 19.8 Å². The van der Waals surface area contributed by atoms with Crippen molar-refractivity contribution in [2.45, 2.75) is 26.8 Å². The number of aryl methyl sites for hydroxylation is 1. The van der Waals surface area contributed by atoms with Gasteiger partial charge in [0.1, 0.15) is 5.82 Å². The highest BCUT2D eigenvalue weighted by Crippen LogP contribution is 2.37. The van der Waals surface area contributed by atoms with Gasteiger partial charge in [0.25, 0.3) is 5.91 Å². The Bertz CT molecular complexity index is 1070. The van der Waals surface area contributed by atoms with Crippen LogP contribution in [0.4, 0.5) is 10.1 Å². The van der Waals surface area contributed by atoms with Crippen molar-refractivity contribution in [2.24, 2.45) is 0 Å². The maximum absolute atomic E-state index is 14.2. The van der Waals surface area contributed by atoms with E-state index in [1.807, 2.05) is 6.92 Å². The number of benzene rings is 2. The fourth-order valence-corrected chi connectivity index (χ4v) is 3.88. The van der Waals surface area contributed by atoms with E-state index in [2.05, 4.69) is 5.32 Å². The smallest absolute Gasteiger partial charge is 0.253 e. The number of nitrogens with zero attached hydrogens (tertiary/aromatic N) is 2. The van der Waals surface area contributed by atoms with Gasteiger partial charge < -0.3 is 20.1 Å². The van der Waals surface area contributed by atoms with Gasteiger partial charge in [-0.3, -0.25) is 9.69 Å². The number of nitrogens with one attached hydrogen (secondary N) is 1. The Morgan fingerprint density at radius 3 is 2.58 bits per heavy atom. The number of phenols is 1. The minimum atomic E-state index is -0.561. The first-order valence-corrected chi connectivity index (χ1v) is 10.3. The Morgan fingerprint density at radius 1 is 1.26 bits per heavy atom. The summed E-state index contributed by atoms with van der Waals surface area (Å²) < 4.78 is 19.8. The van der Waals surface area contributed by atoms with E-state index in [-0.39, 0.29) is 17.5 Å². The Labute approximate surface area is 186 Å². The zero-order valence-electron chi connectivity index (χ0n) is 18.2. The number of hydrogen-bond acceptors (Lipinski definition) is 4. The van der Waals surface area contributed by atoms with Gasteiger partial charge in [0.15, 0.2) is 16.6 Å². The highest BCUT2D eigenvalue weighted by Gasteiger charge is 2.35.